The molecule has 0 aliphatic rings. The second-order valence-electron chi connectivity index (χ2n) is 9.30. The van der Waals surface area contributed by atoms with Gasteiger partial charge in [0.25, 0.3) is 5.91 Å². The SMILES string of the molecule is Cc1ccc(NCc2cc(CO)cc(OC(C)C)c2CCC(=O)O)c(C(=O)Nc2ccc(C(=N)N)cc2)c1. The molecule has 0 unspecified atom stereocenters. The van der Waals surface area contributed by atoms with Gasteiger partial charge in [0.1, 0.15) is 11.6 Å². The number of amidine groups is 1. The summed E-state index contributed by atoms with van der Waals surface area (Å²) in [5.74, 6) is -0.742. The number of anilines is 2. The first-order chi connectivity index (χ1) is 18.1. The number of aliphatic hydroxyl groups is 1. The Balaban J connectivity index is 1.90. The molecule has 0 aromatic heterocycles. The van der Waals surface area contributed by atoms with Gasteiger partial charge in [0, 0.05) is 29.9 Å². The highest BCUT2D eigenvalue weighted by molar-refractivity contribution is 6.08. The smallest absolute Gasteiger partial charge is 0.303 e. The number of rotatable bonds is 12. The molecule has 9 heteroatoms. The number of aryl methyl sites for hydroxylation is 1. The Kier molecular flexibility index (Phi) is 9.45. The fourth-order valence-corrected chi connectivity index (χ4v) is 4.01. The number of benzene rings is 3. The number of amides is 1. The average Bonchev–Trinajstić information content (AvgIpc) is 2.86. The van der Waals surface area contributed by atoms with Crippen molar-refractivity contribution in [3.8, 4) is 5.75 Å². The van der Waals surface area contributed by atoms with E-state index in [4.69, 9.17) is 15.9 Å². The lowest BCUT2D eigenvalue weighted by atomic mass is 9.98. The maximum absolute atomic E-state index is 13.2. The molecular formula is C29H34N4O5. The van der Waals surface area contributed by atoms with Crippen molar-refractivity contribution in [3.05, 3.63) is 88.0 Å². The van der Waals surface area contributed by atoms with Crippen molar-refractivity contribution < 1.29 is 24.5 Å². The van der Waals surface area contributed by atoms with Gasteiger partial charge < -0.3 is 31.3 Å². The van der Waals surface area contributed by atoms with E-state index < -0.39 is 5.97 Å². The molecule has 0 bridgehead atoms. The van der Waals surface area contributed by atoms with Crippen molar-refractivity contribution in [2.75, 3.05) is 10.6 Å². The number of aliphatic hydroxyl groups excluding tert-OH is 1. The van der Waals surface area contributed by atoms with Crippen molar-refractivity contribution in [3.63, 3.8) is 0 Å². The molecule has 38 heavy (non-hydrogen) atoms. The van der Waals surface area contributed by atoms with Crippen LogP contribution in [0.5, 0.6) is 5.75 Å². The number of nitrogen functional groups attached to an aromatic ring is 1. The highest BCUT2D eigenvalue weighted by atomic mass is 16.5. The zero-order valence-electron chi connectivity index (χ0n) is 21.8. The van der Waals surface area contributed by atoms with Gasteiger partial charge in [-0.25, -0.2) is 0 Å². The number of carboxylic acids is 1. The van der Waals surface area contributed by atoms with Gasteiger partial charge in [-0.1, -0.05) is 17.7 Å². The highest BCUT2D eigenvalue weighted by Crippen LogP contribution is 2.29. The molecule has 3 aromatic carbocycles. The lowest BCUT2D eigenvalue weighted by Gasteiger charge is -2.20. The Labute approximate surface area is 222 Å². The van der Waals surface area contributed by atoms with Crippen LogP contribution in [-0.2, 0) is 24.4 Å². The van der Waals surface area contributed by atoms with E-state index in [-0.39, 0.29) is 43.8 Å². The average molecular weight is 519 g/mol. The van der Waals surface area contributed by atoms with E-state index in [0.29, 0.717) is 33.8 Å². The topological polar surface area (TPSA) is 158 Å². The molecule has 7 N–H and O–H groups in total. The van der Waals surface area contributed by atoms with E-state index in [0.717, 1.165) is 16.7 Å². The van der Waals surface area contributed by atoms with Crippen LogP contribution < -0.4 is 21.1 Å². The minimum atomic E-state index is -0.917. The number of carbonyl (C=O) groups excluding carboxylic acids is 1. The van der Waals surface area contributed by atoms with Gasteiger partial charge in [-0.15, -0.1) is 0 Å². The number of nitrogens with two attached hydrogens (primary N) is 1. The number of carbonyl (C=O) groups is 2. The van der Waals surface area contributed by atoms with Crippen molar-refractivity contribution in [2.24, 2.45) is 5.73 Å². The first-order valence-corrected chi connectivity index (χ1v) is 12.3. The largest absolute Gasteiger partial charge is 0.491 e. The zero-order chi connectivity index (χ0) is 27.8. The van der Waals surface area contributed by atoms with Crippen LogP contribution in [0.4, 0.5) is 11.4 Å². The minimum absolute atomic E-state index is 0.0528. The summed E-state index contributed by atoms with van der Waals surface area (Å²) in [5.41, 5.74) is 10.7. The number of hydrogen-bond donors (Lipinski definition) is 6. The van der Waals surface area contributed by atoms with Crippen LogP contribution >= 0.6 is 0 Å². The van der Waals surface area contributed by atoms with Crippen molar-refractivity contribution in [1.29, 1.82) is 5.41 Å². The summed E-state index contributed by atoms with van der Waals surface area (Å²) in [6.45, 7) is 5.76. The monoisotopic (exact) mass is 518 g/mol. The van der Waals surface area contributed by atoms with Crippen molar-refractivity contribution in [2.45, 2.75) is 52.9 Å². The maximum atomic E-state index is 13.2. The van der Waals surface area contributed by atoms with Gasteiger partial charge in [-0.3, -0.25) is 15.0 Å². The molecule has 0 aliphatic carbocycles. The molecule has 0 spiro atoms. The van der Waals surface area contributed by atoms with Crippen LogP contribution in [-0.4, -0.2) is 34.0 Å². The standard InChI is InChI=1S/C29H34N4O5/c1-17(2)38-26-14-19(16-34)13-21(23(26)9-11-27(35)36)15-32-25-10-4-18(3)12-24(25)29(37)33-22-7-5-20(6-8-22)28(30)31/h4-8,10,12-14,17,32,34H,9,11,15-16H2,1-3H3,(H3,30,31)(H,33,37)(H,35,36). The van der Waals surface area contributed by atoms with E-state index in [1.807, 2.05) is 39.0 Å². The highest BCUT2D eigenvalue weighted by Gasteiger charge is 2.17. The molecule has 0 atom stereocenters. The molecule has 9 nitrogen and oxygen atoms in total. The van der Waals surface area contributed by atoms with E-state index >= 15 is 0 Å². The minimum Gasteiger partial charge on any atom is -0.491 e. The fraction of sp³-hybridized carbons (Fsp3) is 0.276. The summed E-state index contributed by atoms with van der Waals surface area (Å²) in [6, 6.07) is 15.7. The van der Waals surface area contributed by atoms with Crippen LogP contribution in [0.25, 0.3) is 0 Å². The molecule has 0 saturated carbocycles. The molecule has 0 aliphatic heterocycles. The third-order valence-electron chi connectivity index (χ3n) is 5.84. The summed E-state index contributed by atoms with van der Waals surface area (Å²) < 4.78 is 5.96. The normalized spacial score (nSPS) is 10.8. The van der Waals surface area contributed by atoms with E-state index in [2.05, 4.69) is 10.6 Å². The number of ether oxygens (including phenoxy) is 1. The molecule has 0 radical (unpaired) electrons. The molecule has 3 rings (SSSR count). The van der Waals surface area contributed by atoms with Crippen LogP contribution in [0, 0.1) is 12.3 Å². The van der Waals surface area contributed by atoms with Gasteiger partial charge in [0.15, 0.2) is 0 Å². The lowest BCUT2D eigenvalue weighted by molar-refractivity contribution is -0.136. The molecule has 0 fully saturated rings. The quantitative estimate of drug-likeness (QED) is 0.153. The second kappa shape index (κ2) is 12.7. The molecule has 200 valence electrons. The van der Waals surface area contributed by atoms with E-state index in [1.165, 1.54) is 0 Å². The summed E-state index contributed by atoms with van der Waals surface area (Å²) in [7, 11) is 0. The zero-order valence-corrected chi connectivity index (χ0v) is 21.8. The summed E-state index contributed by atoms with van der Waals surface area (Å²) >= 11 is 0. The molecule has 3 aromatic rings. The van der Waals surface area contributed by atoms with E-state index in [1.54, 1.807) is 36.4 Å². The number of carboxylic acid groups (broad SMARTS) is 1. The van der Waals surface area contributed by atoms with Crippen LogP contribution in [0.3, 0.4) is 0 Å². The Hall–Kier alpha value is -4.37. The Morgan fingerprint density at radius 1 is 1.08 bits per heavy atom. The predicted octanol–water partition coefficient (Wildman–Crippen LogP) is 4.44. The Morgan fingerprint density at radius 2 is 1.79 bits per heavy atom. The molecular weight excluding hydrogens is 484 g/mol. The van der Waals surface area contributed by atoms with E-state index in [9.17, 15) is 19.8 Å². The molecule has 1 amide bonds. The van der Waals surface area contributed by atoms with Crippen LogP contribution in [0.2, 0.25) is 0 Å². The maximum Gasteiger partial charge on any atom is 0.303 e. The summed E-state index contributed by atoms with van der Waals surface area (Å²) in [4.78, 5) is 24.5. The number of nitrogens with one attached hydrogen (secondary N) is 3. The van der Waals surface area contributed by atoms with Gasteiger partial charge in [-0.05, 0) is 86.3 Å². The fourth-order valence-electron chi connectivity index (χ4n) is 4.01. The predicted molar refractivity (Wildman–Crippen MR) is 148 cm³/mol. The van der Waals surface area contributed by atoms with Gasteiger partial charge >= 0.3 is 5.97 Å². The van der Waals surface area contributed by atoms with Crippen LogP contribution in [0.1, 0.15) is 58.4 Å². The Morgan fingerprint density at radius 3 is 2.39 bits per heavy atom. The first kappa shape index (κ1) is 28.2. The third-order valence-corrected chi connectivity index (χ3v) is 5.84. The summed E-state index contributed by atoms with van der Waals surface area (Å²) in [6.07, 6.45) is 0.0586. The first-order valence-electron chi connectivity index (χ1n) is 12.3. The lowest BCUT2D eigenvalue weighted by Crippen LogP contribution is -2.16. The Bertz CT molecular complexity index is 1320. The second-order valence-corrected chi connectivity index (χ2v) is 9.30. The summed E-state index contributed by atoms with van der Waals surface area (Å²) in [5, 5.41) is 32.8. The molecule has 0 heterocycles. The van der Waals surface area contributed by atoms with Gasteiger partial charge in [0.2, 0.25) is 0 Å². The van der Waals surface area contributed by atoms with Crippen molar-refractivity contribution >= 4 is 29.1 Å². The number of aliphatic carboxylic acids is 1. The number of hydrogen-bond acceptors (Lipinski definition) is 6. The van der Waals surface area contributed by atoms with Crippen molar-refractivity contribution in [1.82, 2.24) is 0 Å². The van der Waals surface area contributed by atoms with Gasteiger partial charge in [0.05, 0.1) is 18.3 Å². The van der Waals surface area contributed by atoms with Crippen LogP contribution in [0.15, 0.2) is 54.6 Å². The van der Waals surface area contributed by atoms with Gasteiger partial charge in [-0.2, -0.15) is 0 Å². The third kappa shape index (κ3) is 7.57. The molecule has 0 saturated heterocycles.